The van der Waals surface area contributed by atoms with E-state index < -0.39 is 11.9 Å². The van der Waals surface area contributed by atoms with Crippen LogP contribution in [0.1, 0.15) is 18.5 Å². The summed E-state index contributed by atoms with van der Waals surface area (Å²) < 4.78 is 39.1. The number of halogens is 3. The van der Waals surface area contributed by atoms with Crippen LogP contribution in [0.4, 0.5) is 24.9 Å². The highest BCUT2D eigenvalue weighted by atomic mass is 32.2. The van der Waals surface area contributed by atoms with E-state index in [4.69, 9.17) is 0 Å². The Morgan fingerprint density at radius 2 is 1.64 bits per heavy atom. The predicted molar refractivity (Wildman–Crippen MR) is 85.7 cm³/mol. The molecule has 22 heavy (non-hydrogen) atoms. The second kappa shape index (κ2) is 6.74. The summed E-state index contributed by atoms with van der Waals surface area (Å²) in [5.41, 5.74) is -0.899. The summed E-state index contributed by atoms with van der Waals surface area (Å²) in [6.45, 7) is 0. The molecule has 9 heteroatoms. The van der Waals surface area contributed by atoms with E-state index in [2.05, 4.69) is 20.6 Å². The number of alkyl halides is 3. The highest BCUT2D eigenvalue weighted by Crippen LogP contribution is 2.31. The van der Waals surface area contributed by atoms with Crippen LogP contribution in [0.3, 0.4) is 0 Å². The van der Waals surface area contributed by atoms with Gasteiger partial charge in [-0.1, -0.05) is 0 Å². The molecule has 0 unspecified atom stereocenters. The SMILES string of the molecule is FC(F)(F)c1cc(N[C@H]2CCSC2)nc(N[C@H]2CCSC2)n1. The van der Waals surface area contributed by atoms with Gasteiger partial charge >= 0.3 is 6.18 Å². The molecule has 2 fully saturated rings. The van der Waals surface area contributed by atoms with Gasteiger partial charge < -0.3 is 10.6 Å². The van der Waals surface area contributed by atoms with Crippen LogP contribution < -0.4 is 10.6 Å². The number of thioether (sulfide) groups is 2. The van der Waals surface area contributed by atoms with Gasteiger partial charge in [0, 0.05) is 29.7 Å². The van der Waals surface area contributed by atoms with Crippen molar-refractivity contribution in [2.45, 2.75) is 31.1 Å². The van der Waals surface area contributed by atoms with E-state index in [-0.39, 0.29) is 23.8 Å². The lowest BCUT2D eigenvalue weighted by atomic mass is 10.2. The Bertz CT molecular complexity index is 478. The number of anilines is 2. The smallest absolute Gasteiger partial charge is 0.366 e. The van der Waals surface area contributed by atoms with Crippen LogP contribution in [0.15, 0.2) is 6.07 Å². The number of aromatic nitrogens is 2. The number of hydrogen-bond donors (Lipinski definition) is 2. The minimum absolute atomic E-state index is 0.0653. The van der Waals surface area contributed by atoms with Crippen molar-refractivity contribution >= 4 is 35.3 Å². The van der Waals surface area contributed by atoms with Crippen molar-refractivity contribution in [3.05, 3.63) is 11.8 Å². The van der Waals surface area contributed by atoms with Crippen molar-refractivity contribution in [3.63, 3.8) is 0 Å². The van der Waals surface area contributed by atoms with Crippen molar-refractivity contribution in [3.8, 4) is 0 Å². The molecule has 0 aromatic carbocycles. The van der Waals surface area contributed by atoms with Gasteiger partial charge in [-0.25, -0.2) is 4.98 Å². The third-order valence-corrected chi connectivity index (χ3v) is 5.89. The normalized spacial score (nSPS) is 25.4. The maximum Gasteiger partial charge on any atom is 0.433 e. The number of nitrogens with one attached hydrogen (secondary N) is 2. The molecule has 2 aliphatic rings. The van der Waals surface area contributed by atoms with Crippen molar-refractivity contribution in [2.24, 2.45) is 0 Å². The van der Waals surface area contributed by atoms with E-state index in [1.165, 1.54) is 0 Å². The highest BCUT2D eigenvalue weighted by molar-refractivity contribution is 7.99. The van der Waals surface area contributed by atoms with E-state index in [0.717, 1.165) is 41.9 Å². The molecular weight excluding hydrogens is 333 g/mol. The molecule has 1 aromatic rings. The highest BCUT2D eigenvalue weighted by Gasteiger charge is 2.34. The van der Waals surface area contributed by atoms with E-state index in [9.17, 15) is 13.2 Å². The number of hydrogen-bond acceptors (Lipinski definition) is 6. The van der Waals surface area contributed by atoms with E-state index in [1.807, 2.05) is 0 Å². The first-order valence-electron chi connectivity index (χ1n) is 7.15. The summed E-state index contributed by atoms with van der Waals surface area (Å²) in [6, 6.07) is 1.32. The molecule has 0 bridgehead atoms. The molecule has 122 valence electrons. The zero-order chi connectivity index (χ0) is 15.6. The molecule has 2 atom stereocenters. The zero-order valence-electron chi connectivity index (χ0n) is 11.8. The molecule has 0 radical (unpaired) electrons. The Kier molecular flexibility index (Phi) is 4.91. The topological polar surface area (TPSA) is 49.8 Å². The molecule has 2 aliphatic heterocycles. The molecular formula is C13H17F3N4S2. The molecule has 3 rings (SSSR count). The zero-order valence-corrected chi connectivity index (χ0v) is 13.5. The Morgan fingerprint density at radius 3 is 2.18 bits per heavy atom. The summed E-state index contributed by atoms with van der Waals surface area (Å²) in [7, 11) is 0. The third-order valence-electron chi connectivity index (χ3n) is 3.56. The molecule has 0 aliphatic carbocycles. The number of rotatable bonds is 4. The maximum absolute atomic E-state index is 13.0. The lowest BCUT2D eigenvalue weighted by Crippen LogP contribution is -2.24. The fourth-order valence-electron chi connectivity index (χ4n) is 2.42. The molecule has 4 nitrogen and oxygen atoms in total. The Balaban J connectivity index is 1.80. The summed E-state index contributed by atoms with van der Waals surface area (Å²) in [4.78, 5) is 7.86. The van der Waals surface area contributed by atoms with Crippen LogP contribution in [0.5, 0.6) is 0 Å². The van der Waals surface area contributed by atoms with Crippen molar-refractivity contribution in [2.75, 3.05) is 33.6 Å². The molecule has 0 amide bonds. The predicted octanol–water partition coefficient (Wildman–Crippen LogP) is 3.33. The van der Waals surface area contributed by atoms with Crippen molar-refractivity contribution in [1.29, 1.82) is 0 Å². The van der Waals surface area contributed by atoms with E-state index in [1.54, 1.807) is 23.5 Å². The Morgan fingerprint density at radius 1 is 1.00 bits per heavy atom. The van der Waals surface area contributed by atoms with E-state index in [0.29, 0.717) is 0 Å². The van der Waals surface area contributed by atoms with Crippen molar-refractivity contribution in [1.82, 2.24) is 9.97 Å². The van der Waals surface area contributed by atoms with Crippen molar-refractivity contribution < 1.29 is 13.2 Å². The van der Waals surface area contributed by atoms with Gasteiger partial charge in [0.25, 0.3) is 0 Å². The van der Waals surface area contributed by atoms with Gasteiger partial charge in [0.15, 0.2) is 5.69 Å². The second-order valence-corrected chi connectivity index (χ2v) is 7.67. The standard InChI is InChI=1S/C13H17F3N4S2/c14-13(15,16)10-5-11(17-8-1-3-21-6-8)20-12(19-10)18-9-2-4-22-7-9/h5,8-9H,1-4,6-7H2,(H2,17,18,19,20)/t8-,9-/m0/s1. The fourth-order valence-corrected chi connectivity index (χ4v) is 4.72. The van der Waals surface area contributed by atoms with E-state index >= 15 is 0 Å². The van der Waals surface area contributed by atoms with Gasteiger partial charge in [0.05, 0.1) is 0 Å². The quantitative estimate of drug-likeness (QED) is 0.869. The van der Waals surface area contributed by atoms with Crippen LogP contribution in [0, 0.1) is 0 Å². The lowest BCUT2D eigenvalue weighted by molar-refractivity contribution is -0.141. The Hall–Kier alpha value is -0.830. The maximum atomic E-state index is 13.0. The average Bonchev–Trinajstić information content (AvgIpc) is 3.11. The lowest BCUT2D eigenvalue weighted by Gasteiger charge is -2.17. The van der Waals surface area contributed by atoms with Gasteiger partial charge in [0.1, 0.15) is 5.82 Å². The van der Waals surface area contributed by atoms with Gasteiger partial charge in [-0.3, -0.25) is 0 Å². The summed E-state index contributed by atoms with van der Waals surface area (Å²) >= 11 is 3.58. The second-order valence-electron chi connectivity index (χ2n) is 5.37. The Labute approximate surface area is 135 Å². The van der Waals surface area contributed by atoms with Crippen LogP contribution in [0.2, 0.25) is 0 Å². The van der Waals surface area contributed by atoms with Gasteiger partial charge in [-0.15, -0.1) is 0 Å². The first-order valence-corrected chi connectivity index (χ1v) is 9.46. The average molecular weight is 350 g/mol. The summed E-state index contributed by atoms with van der Waals surface area (Å²) in [5.74, 6) is 4.13. The molecule has 0 spiro atoms. The first kappa shape index (κ1) is 16.0. The van der Waals surface area contributed by atoms with Gasteiger partial charge in [-0.05, 0) is 24.3 Å². The molecule has 0 saturated carbocycles. The minimum Gasteiger partial charge on any atom is -0.366 e. The molecule has 2 N–H and O–H groups in total. The van der Waals surface area contributed by atoms with Gasteiger partial charge in [0.2, 0.25) is 5.95 Å². The fraction of sp³-hybridized carbons (Fsp3) is 0.692. The monoisotopic (exact) mass is 350 g/mol. The summed E-state index contributed by atoms with van der Waals surface area (Å²) in [6.07, 6.45) is -2.60. The minimum atomic E-state index is -4.47. The first-order chi connectivity index (χ1) is 10.5. The van der Waals surface area contributed by atoms with Crippen LogP contribution in [-0.2, 0) is 6.18 Å². The molecule has 3 heterocycles. The molecule has 1 aromatic heterocycles. The van der Waals surface area contributed by atoms with Crippen LogP contribution in [-0.4, -0.2) is 45.1 Å². The summed E-state index contributed by atoms with van der Waals surface area (Å²) in [5, 5.41) is 6.13. The number of nitrogens with zero attached hydrogens (tertiary/aromatic N) is 2. The van der Waals surface area contributed by atoms with Crippen LogP contribution >= 0.6 is 23.5 Å². The largest absolute Gasteiger partial charge is 0.433 e. The van der Waals surface area contributed by atoms with Gasteiger partial charge in [-0.2, -0.15) is 41.7 Å². The third kappa shape index (κ3) is 4.13. The van der Waals surface area contributed by atoms with Crippen LogP contribution in [0.25, 0.3) is 0 Å². The molecule has 2 saturated heterocycles.